The van der Waals surface area contributed by atoms with Gasteiger partial charge in [0.2, 0.25) is 5.91 Å². The van der Waals surface area contributed by atoms with Crippen LogP contribution in [0.15, 0.2) is 18.2 Å². The molecule has 0 unspecified atom stereocenters. The highest BCUT2D eigenvalue weighted by molar-refractivity contribution is 5.94. The van der Waals surface area contributed by atoms with Crippen LogP contribution in [0.5, 0.6) is 0 Å². The Bertz CT molecular complexity index is 515. The fraction of sp³-hybridized carbons (Fsp3) is 0.533. The summed E-state index contributed by atoms with van der Waals surface area (Å²) in [4.78, 5) is 12.1. The highest BCUT2D eigenvalue weighted by Crippen LogP contribution is 2.58. The minimum Gasteiger partial charge on any atom is -0.328 e. The summed E-state index contributed by atoms with van der Waals surface area (Å²) in [6, 6.07) is 5.09. The molecule has 2 aliphatic carbocycles. The number of halogens is 1. The van der Waals surface area contributed by atoms with Gasteiger partial charge < -0.3 is 11.1 Å². The molecule has 102 valence electrons. The largest absolute Gasteiger partial charge is 0.328 e. The van der Waals surface area contributed by atoms with Crippen molar-refractivity contribution < 1.29 is 9.18 Å². The monoisotopic (exact) mass is 262 g/mol. The van der Waals surface area contributed by atoms with Crippen molar-refractivity contribution in [2.75, 3.05) is 5.32 Å². The molecule has 0 bridgehead atoms. The van der Waals surface area contributed by atoms with E-state index in [2.05, 4.69) is 5.32 Å². The van der Waals surface area contributed by atoms with Crippen LogP contribution < -0.4 is 11.1 Å². The average Bonchev–Trinajstić information content (AvgIpc) is 2.27. The first kappa shape index (κ1) is 12.6. The second-order valence-corrected chi connectivity index (χ2v) is 6.18. The van der Waals surface area contributed by atoms with Crippen molar-refractivity contribution in [3.63, 3.8) is 0 Å². The molecule has 2 aliphatic rings. The predicted molar refractivity (Wildman–Crippen MR) is 72.1 cm³/mol. The van der Waals surface area contributed by atoms with Crippen molar-refractivity contribution in [2.45, 2.75) is 38.6 Å². The van der Waals surface area contributed by atoms with E-state index < -0.39 is 0 Å². The predicted octanol–water partition coefficient (Wildman–Crippen LogP) is 2.59. The first-order valence-corrected chi connectivity index (χ1v) is 6.81. The maximum Gasteiger partial charge on any atom is 0.227 e. The van der Waals surface area contributed by atoms with E-state index >= 15 is 0 Å². The summed E-state index contributed by atoms with van der Waals surface area (Å²) in [5.41, 5.74) is 7.22. The molecule has 19 heavy (non-hydrogen) atoms. The van der Waals surface area contributed by atoms with Crippen LogP contribution in [0.4, 0.5) is 10.1 Å². The molecular formula is C15H19FN2O. The molecule has 2 saturated carbocycles. The molecule has 1 aromatic rings. The van der Waals surface area contributed by atoms with Crippen molar-refractivity contribution >= 4 is 11.6 Å². The molecule has 0 atom stereocenters. The number of rotatable bonds is 2. The highest BCUT2D eigenvalue weighted by atomic mass is 19.1. The van der Waals surface area contributed by atoms with E-state index in [0.717, 1.165) is 25.7 Å². The zero-order valence-corrected chi connectivity index (χ0v) is 11.1. The van der Waals surface area contributed by atoms with E-state index in [4.69, 9.17) is 5.73 Å². The third-order valence-corrected chi connectivity index (χ3v) is 4.65. The number of amides is 1. The van der Waals surface area contributed by atoms with E-state index in [9.17, 15) is 9.18 Å². The summed E-state index contributed by atoms with van der Waals surface area (Å²) < 4.78 is 13.4. The van der Waals surface area contributed by atoms with Crippen LogP contribution in [0.25, 0.3) is 0 Å². The summed E-state index contributed by atoms with van der Waals surface area (Å²) in [5, 5.41) is 2.84. The van der Waals surface area contributed by atoms with Gasteiger partial charge in [0, 0.05) is 23.2 Å². The van der Waals surface area contributed by atoms with Crippen molar-refractivity contribution in [3.05, 3.63) is 29.6 Å². The van der Waals surface area contributed by atoms with Gasteiger partial charge >= 0.3 is 0 Å². The number of nitrogens with one attached hydrogen (secondary N) is 1. The van der Waals surface area contributed by atoms with Gasteiger partial charge in [-0.3, -0.25) is 4.79 Å². The maximum atomic E-state index is 13.4. The Hall–Kier alpha value is -1.42. The first-order valence-electron chi connectivity index (χ1n) is 6.81. The molecule has 3 rings (SSSR count). The number of carbonyl (C=O) groups excluding carboxylic acids is 1. The summed E-state index contributed by atoms with van der Waals surface area (Å²) in [6.45, 7) is 1.68. The molecule has 0 aliphatic heterocycles. The molecule has 3 N–H and O–H groups in total. The first-order chi connectivity index (χ1) is 8.99. The van der Waals surface area contributed by atoms with Gasteiger partial charge in [-0.25, -0.2) is 4.39 Å². The molecule has 2 fully saturated rings. The summed E-state index contributed by atoms with van der Waals surface area (Å²) in [6.07, 6.45) is 3.97. The molecule has 1 spiro atoms. The number of carbonyl (C=O) groups is 1. The molecule has 3 nitrogen and oxygen atoms in total. The van der Waals surface area contributed by atoms with E-state index in [-0.39, 0.29) is 17.6 Å². The second kappa shape index (κ2) is 4.30. The number of hydrogen-bond donors (Lipinski definition) is 2. The van der Waals surface area contributed by atoms with Crippen LogP contribution in [0, 0.1) is 24.1 Å². The number of anilines is 1. The van der Waals surface area contributed by atoms with Gasteiger partial charge in [-0.15, -0.1) is 0 Å². The summed E-state index contributed by atoms with van der Waals surface area (Å²) in [7, 11) is 0. The summed E-state index contributed by atoms with van der Waals surface area (Å²) in [5.74, 6) is -0.206. The molecule has 4 heteroatoms. The molecular weight excluding hydrogens is 243 g/mol. The van der Waals surface area contributed by atoms with Crippen molar-refractivity contribution in [1.82, 2.24) is 0 Å². The van der Waals surface area contributed by atoms with Crippen LogP contribution in [-0.2, 0) is 4.79 Å². The van der Waals surface area contributed by atoms with Gasteiger partial charge in [0.05, 0.1) is 0 Å². The molecule has 1 aromatic carbocycles. The lowest BCUT2D eigenvalue weighted by molar-refractivity contribution is -0.132. The average molecular weight is 262 g/mol. The maximum absolute atomic E-state index is 13.4. The molecule has 0 radical (unpaired) electrons. The number of nitrogens with two attached hydrogens (primary N) is 1. The lowest BCUT2D eigenvalue weighted by atomic mass is 9.50. The molecule has 0 heterocycles. The van der Waals surface area contributed by atoms with Crippen LogP contribution >= 0.6 is 0 Å². The number of hydrogen-bond acceptors (Lipinski definition) is 2. The van der Waals surface area contributed by atoms with E-state index in [1.165, 1.54) is 6.07 Å². The topological polar surface area (TPSA) is 55.1 Å². The Kier molecular flexibility index (Phi) is 2.86. The molecule has 0 aromatic heterocycles. The van der Waals surface area contributed by atoms with Gasteiger partial charge in [-0.05, 0) is 50.2 Å². The highest BCUT2D eigenvalue weighted by Gasteiger charge is 2.53. The van der Waals surface area contributed by atoms with Gasteiger partial charge in [0.15, 0.2) is 0 Å². The van der Waals surface area contributed by atoms with Crippen molar-refractivity contribution in [2.24, 2.45) is 17.1 Å². The van der Waals surface area contributed by atoms with Gasteiger partial charge in [0.25, 0.3) is 0 Å². The lowest BCUT2D eigenvalue weighted by Crippen LogP contribution is -2.55. The van der Waals surface area contributed by atoms with Gasteiger partial charge in [-0.1, -0.05) is 6.07 Å². The van der Waals surface area contributed by atoms with E-state index in [1.54, 1.807) is 19.1 Å². The second-order valence-electron chi connectivity index (χ2n) is 6.18. The van der Waals surface area contributed by atoms with Crippen LogP contribution in [0.2, 0.25) is 0 Å². The molecule has 0 saturated heterocycles. The third-order valence-electron chi connectivity index (χ3n) is 4.65. The fourth-order valence-electron chi connectivity index (χ4n) is 3.53. The Labute approximate surface area is 112 Å². The van der Waals surface area contributed by atoms with E-state index in [1.807, 2.05) is 0 Å². The lowest BCUT2D eigenvalue weighted by Gasteiger charge is -2.56. The van der Waals surface area contributed by atoms with Crippen molar-refractivity contribution in [3.8, 4) is 0 Å². The summed E-state index contributed by atoms with van der Waals surface area (Å²) >= 11 is 0. The minimum absolute atomic E-state index is 0.0137. The Morgan fingerprint density at radius 1 is 1.37 bits per heavy atom. The zero-order chi connectivity index (χ0) is 13.6. The van der Waals surface area contributed by atoms with Gasteiger partial charge in [-0.2, -0.15) is 0 Å². The molecule has 1 amide bonds. The van der Waals surface area contributed by atoms with Crippen LogP contribution in [0.3, 0.4) is 0 Å². The van der Waals surface area contributed by atoms with Crippen LogP contribution in [0.1, 0.15) is 31.2 Å². The van der Waals surface area contributed by atoms with Gasteiger partial charge in [0.1, 0.15) is 5.82 Å². The normalized spacial score (nSPS) is 32.6. The Morgan fingerprint density at radius 3 is 2.68 bits per heavy atom. The smallest absolute Gasteiger partial charge is 0.227 e. The number of benzene rings is 1. The quantitative estimate of drug-likeness (QED) is 0.860. The SMILES string of the molecule is Cc1c(F)cccc1NC(=O)C1CC2(CC(N)C2)C1. The standard InChI is InChI=1S/C15H19FN2O/c1-9-12(16)3-2-4-13(9)18-14(19)10-5-15(6-10)7-11(17)8-15/h2-4,10-11H,5-8,17H2,1H3,(H,18,19). The Balaban J connectivity index is 1.59. The Morgan fingerprint density at radius 2 is 2.05 bits per heavy atom. The van der Waals surface area contributed by atoms with E-state index in [0.29, 0.717) is 22.7 Å². The minimum atomic E-state index is -0.284. The van der Waals surface area contributed by atoms with Crippen molar-refractivity contribution in [1.29, 1.82) is 0 Å². The fourth-order valence-corrected chi connectivity index (χ4v) is 3.53. The van der Waals surface area contributed by atoms with Crippen LogP contribution in [-0.4, -0.2) is 11.9 Å². The third kappa shape index (κ3) is 2.14. The zero-order valence-electron chi connectivity index (χ0n) is 11.1.